The Morgan fingerprint density at radius 1 is 1.67 bits per heavy atom. The molecule has 0 amide bonds. The number of carboxylic acids is 1. The molecule has 0 bridgehead atoms. The van der Waals surface area contributed by atoms with Crippen LogP contribution in [0.15, 0.2) is 18.2 Å². The maximum absolute atomic E-state index is 10.4. The summed E-state index contributed by atoms with van der Waals surface area (Å²) in [5.41, 5.74) is 0.879. The van der Waals surface area contributed by atoms with E-state index in [1.54, 1.807) is 17.8 Å². The average molecular weight is 246 g/mol. The number of aliphatic carboxylic acids is 1. The maximum atomic E-state index is 10.4. The van der Waals surface area contributed by atoms with Crippen molar-refractivity contribution in [1.29, 1.82) is 0 Å². The standard InChI is InChI=1S/C10H12ClNO2S/c1-7(5-10(13)14)15-6-8-3-2-4-9(11)12-8/h2-4,7H,5-6H2,1H3,(H,13,14). The first-order valence-electron chi connectivity index (χ1n) is 4.53. The summed E-state index contributed by atoms with van der Waals surface area (Å²) >= 11 is 7.29. The minimum atomic E-state index is -0.769. The number of aromatic nitrogens is 1. The Morgan fingerprint density at radius 3 is 3.00 bits per heavy atom. The van der Waals surface area contributed by atoms with Crippen molar-refractivity contribution in [3.05, 3.63) is 29.0 Å². The van der Waals surface area contributed by atoms with Crippen LogP contribution in [-0.2, 0) is 10.5 Å². The molecule has 0 saturated heterocycles. The maximum Gasteiger partial charge on any atom is 0.304 e. The molecule has 82 valence electrons. The van der Waals surface area contributed by atoms with Gasteiger partial charge in [-0.3, -0.25) is 4.79 Å². The van der Waals surface area contributed by atoms with Gasteiger partial charge in [0.1, 0.15) is 5.15 Å². The van der Waals surface area contributed by atoms with Crippen LogP contribution in [-0.4, -0.2) is 21.3 Å². The lowest BCUT2D eigenvalue weighted by Crippen LogP contribution is -2.06. The van der Waals surface area contributed by atoms with Crippen LogP contribution in [0, 0.1) is 0 Å². The fourth-order valence-electron chi connectivity index (χ4n) is 1.06. The van der Waals surface area contributed by atoms with E-state index in [4.69, 9.17) is 16.7 Å². The second-order valence-corrected chi connectivity index (χ2v) is 4.99. The molecule has 0 aliphatic heterocycles. The van der Waals surface area contributed by atoms with E-state index in [-0.39, 0.29) is 11.7 Å². The summed E-state index contributed by atoms with van der Waals surface area (Å²) in [4.78, 5) is 14.5. The van der Waals surface area contributed by atoms with Gasteiger partial charge in [0.05, 0.1) is 12.1 Å². The number of hydrogen-bond donors (Lipinski definition) is 1. The molecular formula is C10H12ClNO2S. The van der Waals surface area contributed by atoms with E-state index in [9.17, 15) is 4.79 Å². The molecule has 1 heterocycles. The van der Waals surface area contributed by atoms with Crippen LogP contribution in [0.4, 0.5) is 0 Å². The van der Waals surface area contributed by atoms with E-state index in [0.717, 1.165) is 5.69 Å². The highest BCUT2D eigenvalue weighted by Gasteiger charge is 2.08. The molecule has 1 atom stereocenters. The summed E-state index contributed by atoms with van der Waals surface area (Å²) in [6.07, 6.45) is 0.172. The number of pyridine rings is 1. The number of carbonyl (C=O) groups is 1. The third kappa shape index (κ3) is 5.04. The number of halogens is 1. The molecule has 0 radical (unpaired) electrons. The smallest absolute Gasteiger partial charge is 0.304 e. The van der Waals surface area contributed by atoms with E-state index < -0.39 is 5.97 Å². The molecule has 0 saturated carbocycles. The lowest BCUT2D eigenvalue weighted by Gasteiger charge is -2.07. The third-order valence-corrected chi connectivity index (χ3v) is 3.16. The molecule has 1 aromatic rings. The average Bonchev–Trinajstić information content (AvgIpc) is 2.14. The molecule has 0 spiro atoms. The number of hydrogen-bond acceptors (Lipinski definition) is 3. The van der Waals surface area contributed by atoms with E-state index in [1.165, 1.54) is 0 Å². The van der Waals surface area contributed by atoms with Crippen LogP contribution in [0.5, 0.6) is 0 Å². The van der Waals surface area contributed by atoms with Gasteiger partial charge in [-0.1, -0.05) is 24.6 Å². The predicted molar refractivity (Wildman–Crippen MR) is 62.3 cm³/mol. The van der Waals surface area contributed by atoms with Gasteiger partial charge >= 0.3 is 5.97 Å². The highest BCUT2D eigenvalue weighted by Crippen LogP contribution is 2.19. The lowest BCUT2D eigenvalue weighted by molar-refractivity contribution is -0.136. The van der Waals surface area contributed by atoms with Crippen molar-refractivity contribution in [2.45, 2.75) is 24.3 Å². The fraction of sp³-hybridized carbons (Fsp3) is 0.400. The molecule has 3 nitrogen and oxygen atoms in total. The lowest BCUT2D eigenvalue weighted by atomic mass is 10.3. The van der Waals surface area contributed by atoms with Crippen molar-refractivity contribution in [3.63, 3.8) is 0 Å². The van der Waals surface area contributed by atoms with Gasteiger partial charge in [0.15, 0.2) is 0 Å². The highest BCUT2D eigenvalue weighted by atomic mass is 35.5. The molecule has 0 aromatic carbocycles. The Hall–Kier alpha value is -0.740. The first kappa shape index (κ1) is 12.3. The Kier molecular flexibility index (Phi) is 4.91. The quantitative estimate of drug-likeness (QED) is 0.811. The Labute approximate surface area is 97.9 Å². The number of rotatable bonds is 5. The largest absolute Gasteiger partial charge is 0.481 e. The number of nitrogens with zero attached hydrogens (tertiary/aromatic N) is 1. The predicted octanol–water partition coefficient (Wildman–Crippen LogP) is 2.83. The molecule has 1 N–H and O–H groups in total. The molecule has 1 aromatic heterocycles. The van der Waals surface area contributed by atoms with Crippen LogP contribution in [0.1, 0.15) is 19.0 Å². The first-order valence-corrected chi connectivity index (χ1v) is 5.95. The summed E-state index contributed by atoms with van der Waals surface area (Å²) in [6.45, 7) is 1.89. The number of carboxylic acid groups (broad SMARTS) is 1. The van der Waals surface area contributed by atoms with Crippen LogP contribution in [0.2, 0.25) is 5.15 Å². The topological polar surface area (TPSA) is 50.2 Å². The van der Waals surface area contributed by atoms with Crippen molar-refractivity contribution in [1.82, 2.24) is 4.98 Å². The van der Waals surface area contributed by atoms with Crippen LogP contribution < -0.4 is 0 Å². The van der Waals surface area contributed by atoms with Crippen molar-refractivity contribution >= 4 is 29.3 Å². The normalized spacial score (nSPS) is 12.4. The number of thioether (sulfide) groups is 1. The monoisotopic (exact) mass is 245 g/mol. The fourth-order valence-corrected chi connectivity index (χ4v) is 2.12. The van der Waals surface area contributed by atoms with Crippen LogP contribution in [0.25, 0.3) is 0 Å². The van der Waals surface area contributed by atoms with E-state index in [2.05, 4.69) is 4.98 Å². The van der Waals surface area contributed by atoms with Crippen molar-refractivity contribution in [3.8, 4) is 0 Å². The second kappa shape index (κ2) is 5.98. The summed E-state index contributed by atoms with van der Waals surface area (Å²) in [7, 11) is 0. The van der Waals surface area contributed by atoms with Gasteiger partial charge in [0, 0.05) is 11.0 Å². The van der Waals surface area contributed by atoms with Crippen molar-refractivity contribution in [2.75, 3.05) is 0 Å². The SMILES string of the molecule is CC(CC(=O)O)SCc1cccc(Cl)n1. The molecule has 0 aliphatic carbocycles. The van der Waals surface area contributed by atoms with E-state index >= 15 is 0 Å². The molecule has 1 rings (SSSR count). The first-order chi connectivity index (χ1) is 7.08. The highest BCUT2D eigenvalue weighted by molar-refractivity contribution is 7.99. The summed E-state index contributed by atoms with van der Waals surface area (Å²) < 4.78 is 0. The zero-order valence-corrected chi connectivity index (χ0v) is 9.88. The third-order valence-electron chi connectivity index (χ3n) is 1.75. The van der Waals surface area contributed by atoms with Gasteiger partial charge in [0.2, 0.25) is 0 Å². The van der Waals surface area contributed by atoms with Gasteiger partial charge in [0.25, 0.3) is 0 Å². The summed E-state index contributed by atoms with van der Waals surface area (Å²) in [5, 5.41) is 9.13. The van der Waals surface area contributed by atoms with Gasteiger partial charge in [-0.2, -0.15) is 11.8 Å². The molecule has 0 aliphatic rings. The van der Waals surface area contributed by atoms with Gasteiger partial charge in [-0.25, -0.2) is 4.98 Å². The molecule has 15 heavy (non-hydrogen) atoms. The van der Waals surface area contributed by atoms with Crippen LogP contribution in [0.3, 0.4) is 0 Å². The minimum absolute atomic E-state index is 0.0864. The zero-order chi connectivity index (χ0) is 11.3. The summed E-state index contributed by atoms with van der Waals surface area (Å²) in [5.74, 6) is -0.0799. The van der Waals surface area contributed by atoms with Crippen molar-refractivity contribution < 1.29 is 9.90 Å². The molecular weight excluding hydrogens is 234 g/mol. The minimum Gasteiger partial charge on any atom is -0.481 e. The Bertz CT molecular complexity index is 346. The van der Waals surface area contributed by atoms with E-state index in [0.29, 0.717) is 10.9 Å². The Morgan fingerprint density at radius 2 is 2.40 bits per heavy atom. The van der Waals surface area contributed by atoms with E-state index in [1.807, 2.05) is 19.1 Å². The van der Waals surface area contributed by atoms with Crippen molar-refractivity contribution in [2.24, 2.45) is 0 Å². The zero-order valence-electron chi connectivity index (χ0n) is 8.31. The summed E-state index contributed by atoms with van der Waals surface area (Å²) in [6, 6.07) is 5.44. The van der Waals surface area contributed by atoms with Gasteiger partial charge < -0.3 is 5.11 Å². The molecule has 5 heteroatoms. The second-order valence-electron chi connectivity index (χ2n) is 3.17. The van der Waals surface area contributed by atoms with Crippen LogP contribution >= 0.6 is 23.4 Å². The van der Waals surface area contributed by atoms with Gasteiger partial charge in [-0.05, 0) is 12.1 Å². The molecule has 1 unspecified atom stereocenters. The Balaban J connectivity index is 2.40. The molecule has 0 fully saturated rings. The van der Waals surface area contributed by atoms with Gasteiger partial charge in [-0.15, -0.1) is 0 Å².